The highest BCUT2D eigenvalue weighted by molar-refractivity contribution is 7.50. The molecule has 0 radical (unpaired) electrons. The molecule has 0 aliphatic rings. The second-order valence-corrected chi connectivity index (χ2v) is 6.83. The zero-order chi connectivity index (χ0) is 17.7. The zero-order valence-corrected chi connectivity index (χ0v) is 15.5. The van der Waals surface area contributed by atoms with Gasteiger partial charge >= 0.3 is 0 Å². The Morgan fingerprint density at radius 3 is 2.54 bits per heavy atom. The first-order valence-corrected chi connectivity index (χ1v) is 8.83. The van der Waals surface area contributed by atoms with Crippen molar-refractivity contribution in [3.8, 4) is 0 Å². The summed E-state index contributed by atoms with van der Waals surface area (Å²) in [5, 5.41) is 20.0. The van der Waals surface area contributed by atoms with Crippen LogP contribution in [-0.4, -0.2) is 24.0 Å². The van der Waals surface area contributed by atoms with E-state index in [-0.39, 0.29) is 0 Å². The summed E-state index contributed by atoms with van der Waals surface area (Å²) in [5.41, 5.74) is 6.01. The molecule has 0 spiro atoms. The van der Waals surface area contributed by atoms with Crippen molar-refractivity contribution in [2.45, 2.75) is 20.8 Å². The van der Waals surface area contributed by atoms with E-state index in [0.29, 0.717) is 20.0 Å². The topological polar surface area (TPSA) is 72.6 Å². The molecule has 0 aliphatic carbocycles. The predicted octanol–water partition coefficient (Wildman–Crippen LogP) is 3.93. The van der Waals surface area contributed by atoms with Gasteiger partial charge in [0.2, 0.25) is 0 Å². The molecule has 0 saturated heterocycles. The number of aryl methyl sites for hydroxylation is 3. The molecule has 0 fully saturated rings. The van der Waals surface area contributed by atoms with Crippen LogP contribution in [0, 0.1) is 31.6 Å². The van der Waals surface area contributed by atoms with E-state index < -0.39 is 0 Å². The molecule has 24 heavy (non-hydrogen) atoms. The van der Waals surface area contributed by atoms with Crippen LogP contribution in [0.3, 0.4) is 0 Å². The third-order valence-corrected chi connectivity index (χ3v) is 4.77. The van der Waals surface area contributed by atoms with Crippen molar-refractivity contribution in [1.82, 2.24) is 4.98 Å². The van der Waals surface area contributed by atoms with Gasteiger partial charge < -0.3 is 10.7 Å². The highest BCUT2D eigenvalue weighted by Crippen LogP contribution is 2.24. The van der Waals surface area contributed by atoms with Crippen molar-refractivity contribution in [1.29, 1.82) is 10.8 Å². The summed E-state index contributed by atoms with van der Waals surface area (Å²) < 4.78 is 0. The van der Waals surface area contributed by atoms with Crippen LogP contribution in [0.5, 0.6) is 0 Å². The number of nitrogens with zero attached hydrogens (tertiary/aromatic N) is 1. The molecule has 0 aliphatic heterocycles. The largest absolute Gasteiger partial charge is 0.386 e. The van der Waals surface area contributed by atoms with Crippen LogP contribution in [0.2, 0.25) is 0 Å². The predicted molar refractivity (Wildman–Crippen MR) is 106 cm³/mol. The molecular weight excluding hydrogens is 315 g/mol. The number of hydrogen-bond donors (Lipinski definition) is 3. The van der Waals surface area contributed by atoms with Crippen molar-refractivity contribution in [2.24, 2.45) is 0 Å². The van der Waals surface area contributed by atoms with Crippen molar-refractivity contribution < 1.29 is 0 Å². The van der Waals surface area contributed by atoms with E-state index in [1.54, 1.807) is 6.08 Å². The minimum absolute atomic E-state index is 0.438. The van der Waals surface area contributed by atoms with Gasteiger partial charge in [0.25, 0.3) is 0 Å². The molecule has 2 rings (SSSR count). The maximum Gasteiger partial charge on any atom is 0.112 e. The third-order valence-electron chi connectivity index (χ3n) is 3.77. The summed E-state index contributed by atoms with van der Waals surface area (Å²) >= 11 is 0. The fraction of sp³-hybridized carbons (Fsp3) is 0.211. The Balaban J connectivity index is 2.40. The molecule has 0 amide bonds. The lowest BCUT2D eigenvalue weighted by Gasteiger charge is -2.15. The highest BCUT2D eigenvalue weighted by Gasteiger charge is 2.16. The fourth-order valence-corrected chi connectivity index (χ4v) is 3.55. The molecule has 1 heterocycles. The van der Waals surface area contributed by atoms with E-state index in [0.717, 1.165) is 28.1 Å². The number of allylic oxidation sites excluding steroid dienone is 1. The van der Waals surface area contributed by atoms with Crippen LogP contribution >= 0.6 is 8.58 Å². The van der Waals surface area contributed by atoms with E-state index in [2.05, 4.69) is 16.4 Å². The highest BCUT2D eigenvalue weighted by atomic mass is 31.1. The standard InChI is InChI=1S/C19H23N4P/c1-12-11-15(24-9-5-8-20)6-7-16(12)17(21)19-18(22-4)13(2)10-14(3)23-19/h5-11,20-22,24H,1-4H3/b9-5-,20-8?,21-17?. The molecule has 124 valence electrons. The second-order valence-electron chi connectivity index (χ2n) is 5.63. The molecule has 4 nitrogen and oxygen atoms in total. The van der Waals surface area contributed by atoms with Gasteiger partial charge in [-0.25, -0.2) is 4.98 Å². The maximum absolute atomic E-state index is 8.64. The summed E-state index contributed by atoms with van der Waals surface area (Å²) in [7, 11) is 2.39. The van der Waals surface area contributed by atoms with Gasteiger partial charge in [-0.2, -0.15) is 0 Å². The summed E-state index contributed by atoms with van der Waals surface area (Å²) in [6, 6.07) is 8.18. The number of pyridine rings is 1. The Bertz CT molecular complexity index is 809. The number of rotatable bonds is 6. The van der Waals surface area contributed by atoms with Gasteiger partial charge in [-0.05, 0) is 49.3 Å². The summed E-state index contributed by atoms with van der Waals surface area (Å²) in [6.45, 7) is 6.01. The lowest BCUT2D eigenvalue weighted by atomic mass is 9.99. The number of nitrogens with one attached hydrogen (secondary N) is 3. The van der Waals surface area contributed by atoms with Gasteiger partial charge in [0.1, 0.15) is 5.69 Å². The summed E-state index contributed by atoms with van der Waals surface area (Å²) in [4.78, 5) is 4.58. The Morgan fingerprint density at radius 2 is 1.92 bits per heavy atom. The molecule has 3 N–H and O–H groups in total. The molecule has 0 saturated carbocycles. The number of benzene rings is 1. The van der Waals surface area contributed by atoms with Crippen LogP contribution in [0.25, 0.3) is 0 Å². The van der Waals surface area contributed by atoms with E-state index in [4.69, 9.17) is 10.8 Å². The van der Waals surface area contributed by atoms with Crippen molar-refractivity contribution in [3.63, 3.8) is 0 Å². The quantitative estimate of drug-likeness (QED) is 0.551. The van der Waals surface area contributed by atoms with E-state index in [1.165, 1.54) is 11.5 Å². The van der Waals surface area contributed by atoms with E-state index >= 15 is 0 Å². The van der Waals surface area contributed by atoms with Crippen molar-refractivity contribution >= 4 is 31.5 Å². The molecule has 2 aromatic rings. The molecule has 1 atom stereocenters. The van der Waals surface area contributed by atoms with Gasteiger partial charge in [-0.3, -0.25) is 5.41 Å². The minimum Gasteiger partial charge on any atom is -0.386 e. The Hall–Kier alpha value is -2.32. The van der Waals surface area contributed by atoms with E-state index in [1.807, 2.05) is 51.8 Å². The lowest BCUT2D eigenvalue weighted by molar-refractivity contribution is 1.14. The number of hydrogen-bond acceptors (Lipinski definition) is 4. The molecule has 0 bridgehead atoms. The monoisotopic (exact) mass is 338 g/mol. The van der Waals surface area contributed by atoms with Gasteiger partial charge in [0.05, 0.1) is 11.4 Å². The van der Waals surface area contributed by atoms with Crippen molar-refractivity contribution in [2.75, 3.05) is 12.4 Å². The molecule has 1 aromatic heterocycles. The summed E-state index contributed by atoms with van der Waals surface area (Å²) in [5.74, 6) is 1.98. The van der Waals surface area contributed by atoms with Gasteiger partial charge in [0, 0.05) is 24.5 Å². The third kappa shape index (κ3) is 3.95. The Kier molecular flexibility index (Phi) is 5.99. The second kappa shape index (κ2) is 7.98. The van der Waals surface area contributed by atoms with Crippen molar-refractivity contribution in [3.05, 3.63) is 64.2 Å². The average molecular weight is 338 g/mol. The van der Waals surface area contributed by atoms with E-state index in [9.17, 15) is 0 Å². The lowest BCUT2D eigenvalue weighted by Crippen LogP contribution is -2.13. The van der Waals surface area contributed by atoms with Crippen LogP contribution in [-0.2, 0) is 0 Å². The smallest absolute Gasteiger partial charge is 0.112 e. The van der Waals surface area contributed by atoms with Gasteiger partial charge in [-0.1, -0.05) is 32.6 Å². The first kappa shape index (κ1) is 18.0. The fourth-order valence-electron chi connectivity index (χ4n) is 2.69. The maximum atomic E-state index is 8.64. The van der Waals surface area contributed by atoms with Crippen LogP contribution in [0.4, 0.5) is 5.69 Å². The number of anilines is 1. The van der Waals surface area contributed by atoms with Gasteiger partial charge in [0.15, 0.2) is 0 Å². The zero-order valence-electron chi connectivity index (χ0n) is 14.5. The van der Waals surface area contributed by atoms with Crippen LogP contribution in [0.15, 0.2) is 36.2 Å². The SMILES string of the molecule is CNc1c(C)cc(C)nc1C(=N)c1ccc(P/C=C\C=N)cc1C. The van der Waals surface area contributed by atoms with Crippen LogP contribution in [0.1, 0.15) is 28.1 Å². The van der Waals surface area contributed by atoms with Gasteiger partial charge in [-0.15, -0.1) is 0 Å². The Labute approximate surface area is 145 Å². The molecule has 5 heteroatoms. The molecular formula is C19H23N4P. The number of aromatic nitrogens is 1. The summed E-state index contributed by atoms with van der Waals surface area (Å²) in [6.07, 6.45) is 3.03. The minimum atomic E-state index is 0.438. The normalized spacial score (nSPS) is 11.3. The first-order chi connectivity index (χ1) is 11.5. The molecule has 1 unspecified atom stereocenters. The van der Waals surface area contributed by atoms with Crippen LogP contribution < -0.4 is 10.6 Å². The molecule has 1 aromatic carbocycles. The first-order valence-electron chi connectivity index (χ1n) is 7.76. The Morgan fingerprint density at radius 1 is 1.17 bits per heavy atom. The average Bonchev–Trinajstić information content (AvgIpc) is 2.54.